The van der Waals surface area contributed by atoms with Gasteiger partial charge in [-0.05, 0) is 31.4 Å². The molecule has 0 saturated heterocycles. The summed E-state index contributed by atoms with van der Waals surface area (Å²) in [6, 6.07) is 2.04. The summed E-state index contributed by atoms with van der Waals surface area (Å²) < 4.78 is 26.7. The van der Waals surface area contributed by atoms with Crippen LogP contribution in [0.2, 0.25) is 0 Å². The number of halogens is 2. The Morgan fingerprint density at radius 2 is 1.93 bits per heavy atom. The minimum atomic E-state index is -0.924. The summed E-state index contributed by atoms with van der Waals surface area (Å²) in [6.45, 7) is 0. The van der Waals surface area contributed by atoms with Crippen LogP contribution in [0.25, 0.3) is 0 Å². The second-order valence-electron chi connectivity index (χ2n) is 3.77. The van der Waals surface area contributed by atoms with Crippen molar-refractivity contribution in [3.63, 3.8) is 0 Å². The molecule has 1 aromatic rings. The maximum absolute atomic E-state index is 13.4. The highest BCUT2D eigenvalue weighted by atomic mass is 19.1. The average Bonchev–Trinajstić information content (AvgIpc) is 2.09. The molecular formula is C10H11F2NO. The zero-order valence-electron chi connectivity index (χ0n) is 7.56. The molecule has 2 nitrogen and oxygen atoms in total. The highest BCUT2D eigenvalue weighted by Gasteiger charge is 2.39. The molecule has 1 aliphatic rings. The zero-order valence-corrected chi connectivity index (χ0v) is 7.56. The SMILES string of the molecule is NC1(c2c(F)ccc(O)c2F)CCC1. The third kappa shape index (κ3) is 1.18. The first-order valence-corrected chi connectivity index (χ1v) is 4.51. The summed E-state index contributed by atoms with van der Waals surface area (Å²) >= 11 is 0. The maximum Gasteiger partial charge on any atom is 0.172 e. The van der Waals surface area contributed by atoms with E-state index in [4.69, 9.17) is 10.8 Å². The molecule has 14 heavy (non-hydrogen) atoms. The molecular weight excluding hydrogens is 188 g/mol. The van der Waals surface area contributed by atoms with Gasteiger partial charge in [0, 0.05) is 11.1 Å². The Labute approximate surface area is 80.4 Å². The van der Waals surface area contributed by atoms with Gasteiger partial charge in [-0.25, -0.2) is 8.78 Å². The van der Waals surface area contributed by atoms with Crippen molar-refractivity contribution in [2.24, 2.45) is 5.73 Å². The van der Waals surface area contributed by atoms with Gasteiger partial charge in [0.15, 0.2) is 11.6 Å². The third-order valence-corrected chi connectivity index (χ3v) is 2.81. The van der Waals surface area contributed by atoms with E-state index < -0.39 is 22.9 Å². The van der Waals surface area contributed by atoms with Gasteiger partial charge in [-0.2, -0.15) is 0 Å². The van der Waals surface area contributed by atoms with Crippen LogP contribution < -0.4 is 5.73 Å². The number of aromatic hydroxyl groups is 1. The molecule has 0 aromatic heterocycles. The normalized spacial score (nSPS) is 19.1. The largest absolute Gasteiger partial charge is 0.505 e. The van der Waals surface area contributed by atoms with E-state index in [1.165, 1.54) is 0 Å². The summed E-state index contributed by atoms with van der Waals surface area (Å²) in [5.41, 5.74) is 4.70. The third-order valence-electron chi connectivity index (χ3n) is 2.81. The summed E-state index contributed by atoms with van der Waals surface area (Å²) in [6.07, 6.45) is 1.99. The Morgan fingerprint density at radius 1 is 1.29 bits per heavy atom. The molecule has 1 fully saturated rings. The molecule has 0 aliphatic heterocycles. The Kier molecular flexibility index (Phi) is 1.96. The Bertz CT molecular complexity index is 375. The van der Waals surface area contributed by atoms with E-state index in [1.807, 2.05) is 0 Å². The molecule has 0 atom stereocenters. The summed E-state index contributed by atoms with van der Waals surface area (Å²) in [4.78, 5) is 0. The number of nitrogens with two attached hydrogens (primary N) is 1. The topological polar surface area (TPSA) is 46.2 Å². The lowest BCUT2D eigenvalue weighted by atomic mass is 9.72. The molecule has 0 amide bonds. The van der Waals surface area contributed by atoms with E-state index in [-0.39, 0.29) is 5.56 Å². The lowest BCUT2D eigenvalue weighted by Gasteiger charge is -2.38. The van der Waals surface area contributed by atoms with E-state index >= 15 is 0 Å². The van der Waals surface area contributed by atoms with Crippen LogP contribution in [-0.4, -0.2) is 5.11 Å². The van der Waals surface area contributed by atoms with Crippen LogP contribution in [-0.2, 0) is 5.54 Å². The van der Waals surface area contributed by atoms with Crippen molar-refractivity contribution in [2.45, 2.75) is 24.8 Å². The van der Waals surface area contributed by atoms with Gasteiger partial charge < -0.3 is 10.8 Å². The molecule has 0 unspecified atom stereocenters. The number of hydrogen-bond acceptors (Lipinski definition) is 2. The number of benzene rings is 1. The van der Waals surface area contributed by atoms with Crippen molar-refractivity contribution in [3.05, 3.63) is 29.3 Å². The summed E-state index contributed by atoms with van der Waals surface area (Å²) in [7, 11) is 0. The average molecular weight is 199 g/mol. The molecule has 1 aliphatic carbocycles. The molecule has 76 valence electrons. The lowest BCUT2D eigenvalue weighted by molar-refractivity contribution is 0.233. The lowest BCUT2D eigenvalue weighted by Crippen LogP contribution is -2.44. The smallest absolute Gasteiger partial charge is 0.172 e. The predicted octanol–water partition coefficient (Wildman–Crippen LogP) is 2.01. The van der Waals surface area contributed by atoms with Gasteiger partial charge in [0.1, 0.15) is 5.82 Å². The molecule has 1 aromatic carbocycles. The second kappa shape index (κ2) is 2.92. The zero-order chi connectivity index (χ0) is 10.3. The number of phenols is 1. The van der Waals surface area contributed by atoms with Gasteiger partial charge in [0.2, 0.25) is 0 Å². The number of rotatable bonds is 1. The first-order valence-electron chi connectivity index (χ1n) is 4.51. The van der Waals surface area contributed by atoms with Crippen molar-refractivity contribution in [3.8, 4) is 5.75 Å². The first kappa shape index (κ1) is 9.40. The van der Waals surface area contributed by atoms with Gasteiger partial charge in [0.25, 0.3) is 0 Å². The van der Waals surface area contributed by atoms with Crippen LogP contribution in [0, 0.1) is 11.6 Å². The maximum atomic E-state index is 13.4. The first-order chi connectivity index (χ1) is 6.54. The van der Waals surface area contributed by atoms with Gasteiger partial charge in [-0.15, -0.1) is 0 Å². The van der Waals surface area contributed by atoms with E-state index in [0.717, 1.165) is 18.6 Å². The van der Waals surface area contributed by atoms with Crippen molar-refractivity contribution in [2.75, 3.05) is 0 Å². The van der Waals surface area contributed by atoms with Crippen molar-refractivity contribution < 1.29 is 13.9 Å². The van der Waals surface area contributed by atoms with Gasteiger partial charge in [0.05, 0.1) is 0 Å². The molecule has 3 N–H and O–H groups in total. The molecule has 2 rings (SSSR count). The number of hydrogen-bond donors (Lipinski definition) is 2. The van der Waals surface area contributed by atoms with Crippen molar-refractivity contribution in [1.29, 1.82) is 0 Å². The van der Waals surface area contributed by atoms with E-state index in [9.17, 15) is 8.78 Å². The molecule has 0 heterocycles. The predicted molar refractivity (Wildman–Crippen MR) is 47.7 cm³/mol. The van der Waals surface area contributed by atoms with Crippen LogP contribution in [0.4, 0.5) is 8.78 Å². The van der Waals surface area contributed by atoms with Gasteiger partial charge in [-0.1, -0.05) is 0 Å². The Balaban J connectivity index is 2.56. The van der Waals surface area contributed by atoms with E-state index in [2.05, 4.69) is 0 Å². The fraction of sp³-hybridized carbons (Fsp3) is 0.400. The standard InChI is InChI=1S/C10H11F2NO/c11-6-2-3-7(14)9(12)8(6)10(13)4-1-5-10/h2-3,14H,1,4-5,13H2. The highest BCUT2D eigenvalue weighted by Crippen LogP contribution is 2.42. The molecule has 4 heteroatoms. The van der Waals surface area contributed by atoms with E-state index in [0.29, 0.717) is 12.8 Å². The second-order valence-corrected chi connectivity index (χ2v) is 3.77. The fourth-order valence-corrected chi connectivity index (χ4v) is 1.81. The molecule has 0 bridgehead atoms. The van der Waals surface area contributed by atoms with Crippen LogP contribution in [0.5, 0.6) is 5.75 Å². The quantitative estimate of drug-likeness (QED) is 0.726. The highest BCUT2D eigenvalue weighted by molar-refractivity contribution is 5.37. The molecule has 0 radical (unpaired) electrons. The fourth-order valence-electron chi connectivity index (χ4n) is 1.81. The van der Waals surface area contributed by atoms with Crippen LogP contribution >= 0.6 is 0 Å². The number of phenolic OH excluding ortho intramolecular Hbond substituents is 1. The van der Waals surface area contributed by atoms with Gasteiger partial charge in [-0.3, -0.25) is 0 Å². The summed E-state index contributed by atoms with van der Waals surface area (Å²) in [5, 5.41) is 9.11. The van der Waals surface area contributed by atoms with Gasteiger partial charge >= 0.3 is 0 Å². The van der Waals surface area contributed by atoms with Crippen LogP contribution in [0.1, 0.15) is 24.8 Å². The minimum Gasteiger partial charge on any atom is -0.505 e. The van der Waals surface area contributed by atoms with Crippen molar-refractivity contribution >= 4 is 0 Å². The molecule has 0 spiro atoms. The van der Waals surface area contributed by atoms with Crippen molar-refractivity contribution in [1.82, 2.24) is 0 Å². The minimum absolute atomic E-state index is 0.177. The van der Waals surface area contributed by atoms with Crippen LogP contribution in [0.3, 0.4) is 0 Å². The van der Waals surface area contributed by atoms with E-state index in [1.54, 1.807) is 0 Å². The van der Waals surface area contributed by atoms with Crippen LogP contribution in [0.15, 0.2) is 12.1 Å². The molecule has 1 saturated carbocycles. The summed E-state index contributed by atoms with van der Waals surface area (Å²) in [5.74, 6) is -2.15. The monoisotopic (exact) mass is 199 g/mol. The Morgan fingerprint density at radius 3 is 2.43 bits per heavy atom. The Hall–Kier alpha value is -1.16.